The van der Waals surface area contributed by atoms with Crippen molar-refractivity contribution in [3.05, 3.63) is 60.1 Å². The highest BCUT2D eigenvalue weighted by atomic mass is 16.6. The van der Waals surface area contributed by atoms with Crippen molar-refractivity contribution < 1.29 is 28.6 Å². The number of ether oxygens (including phenoxy) is 3. The van der Waals surface area contributed by atoms with Crippen LogP contribution in [0.25, 0.3) is 0 Å². The molecule has 1 aliphatic heterocycles. The van der Waals surface area contributed by atoms with Crippen molar-refractivity contribution in [3.8, 4) is 11.8 Å². The van der Waals surface area contributed by atoms with Gasteiger partial charge in [-0.2, -0.15) is 0 Å². The predicted octanol–water partition coefficient (Wildman–Crippen LogP) is 4.51. The van der Waals surface area contributed by atoms with Gasteiger partial charge in [0.1, 0.15) is 12.1 Å². The van der Waals surface area contributed by atoms with E-state index < -0.39 is 17.4 Å². The summed E-state index contributed by atoms with van der Waals surface area (Å²) in [6.07, 6.45) is 15.3. The fourth-order valence-corrected chi connectivity index (χ4v) is 3.76. The Hall–Kier alpha value is -3.57. The monoisotopic (exact) mass is 540 g/mol. The minimum Gasteiger partial charge on any atom is -0.490 e. The van der Waals surface area contributed by atoms with Gasteiger partial charge in [-0.15, -0.1) is 11.8 Å². The molecule has 214 valence electrons. The zero-order valence-corrected chi connectivity index (χ0v) is 24.5. The molecule has 1 unspecified atom stereocenters. The molecule has 4 atom stereocenters. The smallest absolute Gasteiger partial charge is 0.373 e. The Morgan fingerprint density at radius 1 is 1.23 bits per heavy atom. The lowest BCUT2D eigenvalue weighted by Crippen LogP contribution is -2.52. The first kappa shape index (κ1) is 33.5. The van der Waals surface area contributed by atoms with Gasteiger partial charge in [0.2, 0.25) is 11.8 Å². The van der Waals surface area contributed by atoms with Crippen molar-refractivity contribution in [2.75, 3.05) is 14.2 Å². The third kappa shape index (κ3) is 12.7. The minimum atomic E-state index is -0.735. The number of carbonyl (C=O) groups is 3. The van der Waals surface area contributed by atoms with Gasteiger partial charge in [-0.3, -0.25) is 9.59 Å². The third-order valence-electron chi connectivity index (χ3n) is 6.04. The maximum Gasteiger partial charge on any atom is 0.373 e. The van der Waals surface area contributed by atoms with E-state index in [-0.39, 0.29) is 35.7 Å². The van der Waals surface area contributed by atoms with Crippen LogP contribution in [-0.4, -0.2) is 50.3 Å². The number of rotatable bonds is 13. The van der Waals surface area contributed by atoms with Crippen molar-refractivity contribution >= 4 is 17.8 Å². The summed E-state index contributed by atoms with van der Waals surface area (Å²) in [5.74, 6) is 4.93. The van der Waals surface area contributed by atoms with Gasteiger partial charge in [-0.25, -0.2) is 4.79 Å². The Labute approximate surface area is 233 Å². The number of nitrogens with one attached hydrogen (secondary N) is 2. The highest BCUT2D eigenvalue weighted by Gasteiger charge is 2.32. The first-order valence-corrected chi connectivity index (χ1v) is 13.1. The molecule has 2 N–H and O–H groups in total. The van der Waals surface area contributed by atoms with Gasteiger partial charge in [0.05, 0.1) is 13.2 Å². The van der Waals surface area contributed by atoms with Crippen LogP contribution in [0.4, 0.5) is 0 Å². The van der Waals surface area contributed by atoms with E-state index in [0.717, 1.165) is 5.57 Å². The van der Waals surface area contributed by atoms with Crippen LogP contribution in [0.1, 0.15) is 60.8 Å². The molecule has 0 spiro atoms. The number of hydrogen-bond acceptors (Lipinski definition) is 6. The molecular weight excluding hydrogens is 496 g/mol. The molecule has 0 saturated carbocycles. The average Bonchev–Trinajstić information content (AvgIpc) is 2.88. The Balaban J connectivity index is 2.66. The van der Waals surface area contributed by atoms with E-state index >= 15 is 0 Å². The number of esters is 1. The van der Waals surface area contributed by atoms with Crippen molar-refractivity contribution in [1.29, 1.82) is 0 Å². The number of carbonyl (C=O) groups excluding carboxylic acids is 3. The predicted molar refractivity (Wildman–Crippen MR) is 153 cm³/mol. The van der Waals surface area contributed by atoms with Crippen molar-refractivity contribution in [1.82, 2.24) is 10.6 Å². The van der Waals surface area contributed by atoms with Crippen LogP contribution in [0.5, 0.6) is 0 Å². The standard InChI is InChI=1S/C31H44N2O6/c1-9-10-15-24(37-7)16-13-20-32-29(35)28(31(4,5)6)33-27(34)17-12-11-14-22(2)21-23(3)25-18-19-26(38-8)30(36)39-25/h11-14,17,19-21,23-25,28H,15-16,18H2,1-8H3,(H,32,35)(H,33,34)/b14-11-,17-12-,20-13-,22-21+/t23-,24-,25-,28?/m0/s1. The van der Waals surface area contributed by atoms with Gasteiger partial charge in [-0.05, 0) is 38.0 Å². The first-order valence-electron chi connectivity index (χ1n) is 13.1. The van der Waals surface area contributed by atoms with Crippen molar-refractivity contribution in [3.63, 3.8) is 0 Å². The van der Waals surface area contributed by atoms with Gasteiger partial charge >= 0.3 is 5.97 Å². The molecule has 0 aromatic heterocycles. The number of cyclic esters (lactones) is 1. The van der Waals surface area contributed by atoms with Crippen LogP contribution in [-0.2, 0) is 28.6 Å². The number of methoxy groups -OCH3 is 2. The highest BCUT2D eigenvalue weighted by molar-refractivity contribution is 5.93. The van der Waals surface area contributed by atoms with E-state index in [1.54, 1.807) is 38.5 Å². The third-order valence-corrected chi connectivity index (χ3v) is 6.04. The van der Waals surface area contributed by atoms with Gasteiger partial charge in [0.15, 0.2) is 5.76 Å². The topological polar surface area (TPSA) is 103 Å². The molecule has 0 fully saturated rings. The van der Waals surface area contributed by atoms with Crippen LogP contribution in [0.15, 0.2) is 60.1 Å². The van der Waals surface area contributed by atoms with Gasteiger partial charge < -0.3 is 24.8 Å². The zero-order chi connectivity index (χ0) is 29.4. The molecule has 1 aliphatic rings. The average molecular weight is 541 g/mol. The van der Waals surface area contributed by atoms with Crippen LogP contribution in [0.3, 0.4) is 0 Å². The molecule has 1 rings (SSSR count). The maximum atomic E-state index is 12.8. The summed E-state index contributed by atoms with van der Waals surface area (Å²) in [5.41, 5.74) is 0.460. The normalized spacial score (nSPS) is 18.7. The second-order valence-electron chi connectivity index (χ2n) is 10.4. The second-order valence-corrected chi connectivity index (χ2v) is 10.4. The molecule has 0 saturated heterocycles. The molecule has 1 heterocycles. The zero-order valence-electron chi connectivity index (χ0n) is 24.5. The molecule has 8 heteroatoms. The number of allylic oxidation sites excluding steroid dienone is 4. The molecule has 39 heavy (non-hydrogen) atoms. The molecule has 0 aromatic rings. The Morgan fingerprint density at radius 3 is 2.51 bits per heavy atom. The lowest BCUT2D eigenvalue weighted by Gasteiger charge is -2.29. The summed E-state index contributed by atoms with van der Waals surface area (Å²) in [4.78, 5) is 37.2. The fourth-order valence-electron chi connectivity index (χ4n) is 3.76. The molecule has 0 aromatic carbocycles. The summed E-state index contributed by atoms with van der Waals surface area (Å²) in [5, 5.41) is 5.55. The SMILES string of the molecule is CC#CC[C@@H](C/C=C\NC(=O)C(NC(=O)\C=C/C=C\C(C)=C\[C@H](C)[C@@H]1CC=C(OC)C(=O)O1)C(C)(C)C)OC. The van der Waals surface area contributed by atoms with E-state index in [2.05, 4.69) is 22.5 Å². The van der Waals surface area contributed by atoms with Crippen LogP contribution < -0.4 is 10.6 Å². The minimum absolute atomic E-state index is 0.00559. The number of amides is 2. The second kappa shape index (κ2) is 17.1. The molecule has 2 amide bonds. The van der Waals surface area contributed by atoms with Crippen molar-refractivity contribution in [2.24, 2.45) is 11.3 Å². The fraction of sp³-hybridized carbons (Fsp3) is 0.516. The summed E-state index contributed by atoms with van der Waals surface area (Å²) in [6.45, 7) is 11.4. The van der Waals surface area contributed by atoms with E-state index in [9.17, 15) is 14.4 Å². The Kier molecular flexibility index (Phi) is 14.7. The van der Waals surface area contributed by atoms with Gasteiger partial charge in [-0.1, -0.05) is 63.6 Å². The Bertz CT molecular complexity index is 1050. The molecule has 0 aliphatic carbocycles. The summed E-state index contributed by atoms with van der Waals surface area (Å²) < 4.78 is 15.8. The van der Waals surface area contributed by atoms with E-state index in [1.807, 2.05) is 52.8 Å². The molecule has 0 radical (unpaired) electrons. The first-order chi connectivity index (χ1) is 18.4. The molecule has 8 nitrogen and oxygen atoms in total. The van der Waals surface area contributed by atoms with E-state index in [4.69, 9.17) is 14.2 Å². The van der Waals surface area contributed by atoms with Crippen LogP contribution in [0, 0.1) is 23.2 Å². The highest BCUT2D eigenvalue weighted by Crippen LogP contribution is 2.23. The quantitative estimate of drug-likeness (QED) is 0.154. The van der Waals surface area contributed by atoms with Crippen LogP contribution >= 0.6 is 0 Å². The van der Waals surface area contributed by atoms with Gasteiger partial charge in [0, 0.05) is 31.9 Å². The maximum absolute atomic E-state index is 12.8. The lowest BCUT2D eigenvalue weighted by molar-refractivity contribution is -0.151. The summed E-state index contributed by atoms with van der Waals surface area (Å²) in [7, 11) is 3.08. The van der Waals surface area contributed by atoms with Crippen LogP contribution in [0.2, 0.25) is 0 Å². The number of hydrogen-bond donors (Lipinski definition) is 2. The largest absolute Gasteiger partial charge is 0.490 e. The molecular formula is C31H44N2O6. The van der Waals surface area contributed by atoms with Crippen molar-refractivity contribution in [2.45, 2.75) is 79.1 Å². The van der Waals surface area contributed by atoms with E-state index in [0.29, 0.717) is 19.3 Å². The summed E-state index contributed by atoms with van der Waals surface area (Å²) in [6, 6.07) is -0.735. The molecule has 0 bridgehead atoms. The van der Waals surface area contributed by atoms with E-state index in [1.165, 1.54) is 13.2 Å². The Morgan fingerprint density at radius 2 is 1.92 bits per heavy atom. The lowest BCUT2D eigenvalue weighted by atomic mass is 9.86. The van der Waals surface area contributed by atoms with Gasteiger partial charge in [0.25, 0.3) is 0 Å². The summed E-state index contributed by atoms with van der Waals surface area (Å²) >= 11 is 0.